The Bertz CT molecular complexity index is 331. The summed E-state index contributed by atoms with van der Waals surface area (Å²) in [6.07, 6.45) is -0.901. The summed E-state index contributed by atoms with van der Waals surface area (Å²) >= 11 is 0. The third kappa shape index (κ3) is 10.3. The van der Waals surface area contributed by atoms with E-state index in [4.69, 9.17) is 10.5 Å². The SMILES string of the molecule is CC(C)OC(=O)NS(=O)(=O)NCCCOCCN. The molecular formula is C9H21N3O5S. The molecule has 0 saturated carbocycles. The standard InChI is InChI=1S/C9H21N3O5S/c1-8(2)17-9(13)12-18(14,15)11-5-3-6-16-7-4-10/h8,11H,3-7,10H2,1-2H3,(H,12,13). The van der Waals surface area contributed by atoms with Gasteiger partial charge >= 0.3 is 16.3 Å². The van der Waals surface area contributed by atoms with Gasteiger partial charge in [0.1, 0.15) is 0 Å². The van der Waals surface area contributed by atoms with Gasteiger partial charge in [-0.15, -0.1) is 0 Å². The van der Waals surface area contributed by atoms with E-state index >= 15 is 0 Å². The maximum absolute atomic E-state index is 11.3. The minimum atomic E-state index is -3.87. The van der Waals surface area contributed by atoms with Crippen LogP contribution in [0, 0.1) is 0 Å². The summed E-state index contributed by atoms with van der Waals surface area (Å²) < 4.78 is 36.3. The number of nitrogens with two attached hydrogens (primary N) is 1. The predicted molar refractivity (Wildman–Crippen MR) is 66.2 cm³/mol. The molecule has 0 aromatic rings. The van der Waals surface area contributed by atoms with Crippen LogP contribution in [0.15, 0.2) is 0 Å². The largest absolute Gasteiger partial charge is 0.446 e. The van der Waals surface area contributed by atoms with Gasteiger partial charge in [-0.2, -0.15) is 13.1 Å². The van der Waals surface area contributed by atoms with Crippen molar-refractivity contribution in [1.29, 1.82) is 0 Å². The van der Waals surface area contributed by atoms with Crippen LogP contribution in [0.4, 0.5) is 4.79 Å². The van der Waals surface area contributed by atoms with Crippen LogP contribution in [-0.4, -0.2) is 46.9 Å². The van der Waals surface area contributed by atoms with Gasteiger partial charge in [0.25, 0.3) is 0 Å². The van der Waals surface area contributed by atoms with Crippen molar-refractivity contribution in [2.75, 3.05) is 26.3 Å². The summed E-state index contributed by atoms with van der Waals surface area (Å²) in [6, 6.07) is 0. The fraction of sp³-hybridized carbons (Fsp3) is 0.889. The Morgan fingerprint density at radius 1 is 1.33 bits per heavy atom. The lowest BCUT2D eigenvalue weighted by Crippen LogP contribution is -2.41. The molecule has 0 aromatic carbocycles. The van der Waals surface area contributed by atoms with Gasteiger partial charge in [0.2, 0.25) is 0 Å². The highest BCUT2D eigenvalue weighted by Gasteiger charge is 2.15. The molecule has 4 N–H and O–H groups in total. The average molecular weight is 283 g/mol. The minimum absolute atomic E-state index is 0.162. The Labute approximate surface area is 107 Å². The molecule has 0 heterocycles. The first-order valence-electron chi connectivity index (χ1n) is 5.63. The number of carbonyl (C=O) groups excluding carboxylic acids is 1. The maximum Gasteiger partial charge on any atom is 0.422 e. The lowest BCUT2D eigenvalue weighted by molar-refractivity contribution is 0.121. The third-order valence-corrected chi connectivity index (χ3v) is 2.60. The van der Waals surface area contributed by atoms with Gasteiger partial charge in [-0.05, 0) is 20.3 Å². The first-order chi connectivity index (χ1) is 8.37. The molecule has 8 nitrogen and oxygen atoms in total. The second kappa shape index (κ2) is 9.09. The summed E-state index contributed by atoms with van der Waals surface area (Å²) in [6.45, 7) is 4.66. The number of amides is 1. The van der Waals surface area contributed by atoms with Gasteiger partial charge in [-0.25, -0.2) is 9.52 Å². The lowest BCUT2D eigenvalue weighted by Gasteiger charge is -2.10. The number of hydrogen-bond acceptors (Lipinski definition) is 6. The zero-order valence-corrected chi connectivity index (χ0v) is 11.5. The molecule has 0 atom stereocenters. The summed E-state index contributed by atoms with van der Waals surface area (Å²) in [5, 5.41) is 0. The fourth-order valence-electron chi connectivity index (χ4n) is 0.950. The van der Waals surface area contributed by atoms with Crippen molar-refractivity contribution in [3.05, 3.63) is 0 Å². The molecule has 0 unspecified atom stereocenters. The maximum atomic E-state index is 11.3. The zero-order valence-electron chi connectivity index (χ0n) is 10.6. The molecule has 108 valence electrons. The number of rotatable bonds is 9. The van der Waals surface area contributed by atoms with Crippen LogP contribution in [0.2, 0.25) is 0 Å². The fourth-order valence-corrected chi connectivity index (χ4v) is 1.70. The van der Waals surface area contributed by atoms with E-state index in [9.17, 15) is 13.2 Å². The Morgan fingerprint density at radius 2 is 2.00 bits per heavy atom. The molecule has 0 aliphatic carbocycles. The van der Waals surface area contributed by atoms with Crippen molar-refractivity contribution >= 4 is 16.3 Å². The molecule has 0 bridgehead atoms. The van der Waals surface area contributed by atoms with Crippen molar-refractivity contribution in [2.24, 2.45) is 5.73 Å². The molecule has 18 heavy (non-hydrogen) atoms. The van der Waals surface area contributed by atoms with Gasteiger partial charge in [0, 0.05) is 19.7 Å². The normalized spacial score (nSPS) is 11.6. The predicted octanol–water partition coefficient (Wildman–Crippen LogP) is -0.679. The highest BCUT2D eigenvalue weighted by Crippen LogP contribution is 1.90. The lowest BCUT2D eigenvalue weighted by atomic mass is 10.5. The highest BCUT2D eigenvalue weighted by atomic mass is 32.2. The summed E-state index contributed by atoms with van der Waals surface area (Å²) in [4.78, 5) is 11.1. The van der Waals surface area contributed by atoms with Crippen molar-refractivity contribution in [3.63, 3.8) is 0 Å². The molecule has 0 fully saturated rings. The first kappa shape index (κ1) is 17.1. The number of carbonyl (C=O) groups is 1. The Balaban J connectivity index is 3.77. The van der Waals surface area contributed by atoms with Gasteiger partial charge in [0.15, 0.2) is 0 Å². The molecule has 1 amide bonds. The number of nitrogens with one attached hydrogen (secondary N) is 2. The monoisotopic (exact) mass is 283 g/mol. The van der Waals surface area contributed by atoms with E-state index in [-0.39, 0.29) is 12.6 Å². The van der Waals surface area contributed by atoms with E-state index in [1.54, 1.807) is 18.6 Å². The molecule has 0 aliphatic heterocycles. The average Bonchev–Trinajstić information content (AvgIpc) is 2.20. The molecule has 9 heteroatoms. The van der Waals surface area contributed by atoms with Crippen LogP contribution < -0.4 is 15.2 Å². The third-order valence-electron chi connectivity index (χ3n) is 1.58. The minimum Gasteiger partial charge on any atom is -0.446 e. The molecule has 0 saturated heterocycles. The van der Waals surface area contributed by atoms with Crippen LogP contribution in [0.25, 0.3) is 0 Å². The quantitative estimate of drug-likeness (QED) is 0.482. The van der Waals surface area contributed by atoms with Gasteiger partial charge in [0.05, 0.1) is 12.7 Å². The molecule has 0 aliphatic rings. The smallest absolute Gasteiger partial charge is 0.422 e. The van der Waals surface area contributed by atoms with Gasteiger partial charge in [-0.1, -0.05) is 0 Å². The Morgan fingerprint density at radius 3 is 2.56 bits per heavy atom. The molecule has 0 spiro atoms. The van der Waals surface area contributed by atoms with E-state index in [1.165, 1.54) is 0 Å². The molecule has 0 radical (unpaired) electrons. The van der Waals surface area contributed by atoms with Crippen molar-refractivity contribution in [3.8, 4) is 0 Å². The van der Waals surface area contributed by atoms with E-state index in [1.807, 2.05) is 0 Å². The number of hydrogen-bond donors (Lipinski definition) is 3. The zero-order chi connectivity index (χ0) is 14.0. The first-order valence-corrected chi connectivity index (χ1v) is 7.11. The van der Waals surface area contributed by atoms with Crippen LogP contribution in [-0.2, 0) is 19.7 Å². The summed E-state index contributed by atoms with van der Waals surface area (Å²) in [7, 11) is -3.87. The molecule has 0 aromatic heterocycles. The van der Waals surface area contributed by atoms with Crippen molar-refractivity contribution < 1.29 is 22.7 Å². The second-order valence-electron chi connectivity index (χ2n) is 3.71. The van der Waals surface area contributed by atoms with E-state index < -0.39 is 16.3 Å². The van der Waals surface area contributed by atoms with Gasteiger partial charge in [-0.3, -0.25) is 0 Å². The van der Waals surface area contributed by atoms with E-state index in [0.29, 0.717) is 26.2 Å². The topological polar surface area (TPSA) is 120 Å². The number of ether oxygens (including phenoxy) is 2. The van der Waals surface area contributed by atoms with Crippen LogP contribution in [0.5, 0.6) is 0 Å². The Kier molecular flexibility index (Phi) is 8.63. The van der Waals surface area contributed by atoms with Crippen molar-refractivity contribution in [2.45, 2.75) is 26.4 Å². The van der Waals surface area contributed by atoms with E-state index in [2.05, 4.69) is 9.46 Å². The van der Waals surface area contributed by atoms with Crippen molar-refractivity contribution in [1.82, 2.24) is 9.44 Å². The van der Waals surface area contributed by atoms with Crippen LogP contribution in [0.3, 0.4) is 0 Å². The van der Waals surface area contributed by atoms with Crippen LogP contribution >= 0.6 is 0 Å². The van der Waals surface area contributed by atoms with Crippen LogP contribution in [0.1, 0.15) is 20.3 Å². The molecule has 0 rings (SSSR count). The van der Waals surface area contributed by atoms with E-state index in [0.717, 1.165) is 0 Å². The summed E-state index contributed by atoms with van der Waals surface area (Å²) in [5.41, 5.74) is 5.21. The second-order valence-corrected chi connectivity index (χ2v) is 5.21. The summed E-state index contributed by atoms with van der Waals surface area (Å²) in [5.74, 6) is 0. The Hall–Kier alpha value is -0.900. The molecular weight excluding hydrogens is 262 g/mol. The van der Waals surface area contributed by atoms with Gasteiger partial charge < -0.3 is 15.2 Å². The highest BCUT2D eigenvalue weighted by molar-refractivity contribution is 7.88.